The predicted molar refractivity (Wildman–Crippen MR) is 85.8 cm³/mol. The second-order valence-electron chi connectivity index (χ2n) is 6.43. The number of nitrogens with zero attached hydrogens (tertiary/aromatic N) is 4. The lowest BCUT2D eigenvalue weighted by atomic mass is 10.1. The van der Waals surface area contributed by atoms with Gasteiger partial charge in [0.05, 0.1) is 0 Å². The minimum atomic E-state index is 0.00381. The molecule has 0 spiro atoms. The molecule has 0 radical (unpaired) electrons. The van der Waals surface area contributed by atoms with Gasteiger partial charge in [0.1, 0.15) is 5.69 Å². The Hall–Kier alpha value is -1.69. The molecule has 3 rings (SSSR count). The number of hydrogen-bond donors (Lipinski definition) is 1. The van der Waals surface area contributed by atoms with Crippen LogP contribution in [0.5, 0.6) is 0 Å². The summed E-state index contributed by atoms with van der Waals surface area (Å²) in [5.41, 5.74) is 6.25. The van der Waals surface area contributed by atoms with Crippen LogP contribution in [0.2, 0.25) is 0 Å². The van der Waals surface area contributed by atoms with Gasteiger partial charge >= 0.3 is 0 Å². The smallest absolute Gasteiger partial charge is 0.272 e. The zero-order valence-electron chi connectivity index (χ0n) is 13.2. The van der Waals surface area contributed by atoms with E-state index in [1.807, 2.05) is 4.90 Å². The molecular weight excluding hydrogens is 278 g/mol. The molecule has 2 unspecified atom stereocenters. The van der Waals surface area contributed by atoms with Gasteiger partial charge in [0.25, 0.3) is 5.91 Å². The van der Waals surface area contributed by atoms with Crippen molar-refractivity contribution in [1.29, 1.82) is 0 Å². The predicted octanol–water partition coefficient (Wildman–Crippen LogP) is 1.28. The summed E-state index contributed by atoms with van der Waals surface area (Å²) in [4.78, 5) is 25.7. The summed E-state index contributed by atoms with van der Waals surface area (Å²) in [6.07, 6.45) is 6.28. The molecule has 6 heteroatoms. The zero-order chi connectivity index (χ0) is 15.5. The maximum atomic E-state index is 12.7. The van der Waals surface area contributed by atoms with Crippen LogP contribution in [0.3, 0.4) is 0 Å². The highest BCUT2D eigenvalue weighted by atomic mass is 16.2. The Morgan fingerprint density at radius 3 is 2.82 bits per heavy atom. The van der Waals surface area contributed by atoms with Gasteiger partial charge in [0.15, 0.2) is 0 Å². The number of likely N-dealkylation sites (tertiary alicyclic amines) is 1. The first-order chi connectivity index (χ1) is 10.7. The highest BCUT2D eigenvalue weighted by Crippen LogP contribution is 2.24. The third kappa shape index (κ3) is 3.06. The number of rotatable bonds is 3. The molecule has 0 aliphatic carbocycles. The van der Waals surface area contributed by atoms with Gasteiger partial charge < -0.3 is 15.5 Å². The lowest BCUT2D eigenvalue weighted by molar-refractivity contribution is 0.0737. The molecule has 0 aromatic carbocycles. The van der Waals surface area contributed by atoms with E-state index in [1.54, 1.807) is 12.3 Å². The number of nitrogens with two attached hydrogens (primary N) is 1. The van der Waals surface area contributed by atoms with Crippen molar-refractivity contribution < 1.29 is 4.79 Å². The second kappa shape index (κ2) is 6.60. The molecule has 22 heavy (non-hydrogen) atoms. The summed E-state index contributed by atoms with van der Waals surface area (Å²) >= 11 is 0. The number of aromatic nitrogens is 2. The van der Waals surface area contributed by atoms with Crippen molar-refractivity contribution in [1.82, 2.24) is 14.9 Å². The van der Waals surface area contributed by atoms with Crippen molar-refractivity contribution in [2.75, 3.05) is 31.1 Å². The molecule has 1 aromatic rings. The first-order valence-corrected chi connectivity index (χ1v) is 8.28. The third-order valence-corrected chi connectivity index (χ3v) is 4.76. The quantitative estimate of drug-likeness (QED) is 0.910. The van der Waals surface area contributed by atoms with E-state index in [0.717, 1.165) is 26.1 Å². The summed E-state index contributed by atoms with van der Waals surface area (Å²) in [7, 11) is 0. The lowest BCUT2D eigenvalue weighted by Gasteiger charge is -2.27. The fourth-order valence-corrected chi connectivity index (χ4v) is 3.46. The van der Waals surface area contributed by atoms with Crippen molar-refractivity contribution in [2.24, 2.45) is 11.7 Å². The third-order valence-electron chi connectivity index (χ3n) is 4.76. The van der Waals surface area contributed by atoms with Gasteiger partial charge in [-0.25, -0.2) is 9.97 Å². The van der Waals surface area contributed by atoms with Crippen LogP contribution in [-0.2, 0) is 0 Å². The number of amides is 1. The number of hydrogen-bond acceptors (Lipinski definition) is 5. The van der Waals surface area contributed by atoms with Gasteiger partial charge in [0, 0.05) is 31.9 Å². The topological polar surface area (TPSA) is 75.3 Å². The molecule has 3 heterocycles. The molecular formula is C16H25N5O. The average Bonchev–Trinajstić information content (AvgIpc) is 2.96. The highest BCUT2D eigenvalue weighted by Gasteiger charge is 2.32. The molecule has 0 saturated carbocycles. The largest absolute Gasteiger partial charge is 0.341 e. The Morgan fingerprint density at radius 1 is 1.36 bits per heavy atom. The molecule has 1 aromatic heterocycles. The van der Waals surface area contributed by atoms with Gasteiger partial charge in [-0.15, -0.1) is 0 Å². The molecule has 2 aliphatic rings. The average molecular weight is 303 g/mol. The number of anilines is 1. The highest BCUT2D eigenvalue weighted by molar-refractivity contribution is 5.93. The molecule has 1 amide bonds. The van der Waals surface area contributed by atoms with E-state index in [9.17, 15) is 4.79 Å². The Labute approximate surface area is 131 Å². The monoisotopic (exact) mass is 303 g/mol. The molecule has 2 N–H and O–H groups in total. The van der Waals surface area contributed by atoms with E-state index < -0.39 is 0 Å². The van der Waals surface area contributed by atoms with Gasteiger partial charge in [-0.05, 0) is 51.1 Å². The van der Waals surface area contributed by atoms with Crippen molar-refractivity contribution in [2.45, 2.75) is 38.6 Å². The van der Waals surface area contributed by atoms with Crippen LogP contribution in [0, 0.1) is 5.92 Å². The van der Waals surface area contributed by atoms with E-state index in [4.69, 9.17) is 5.73 Å². The zero-order valence-corrected chi connectivity index (χ0v) is 13.2. The van der Waals surface area contributed by atoms with Crippen LogP contribution < -0.4 is 10.6 Å². The Balaban J connectivity index is 1.75. The van der Waals surface area contributed by atoms with Gasteiger partial charge in [0.2, 0.25) is 5.95 Å². The molecule has 6 nitrogen and oxygen atoms in total. The fraction of sp³-hybridized carbons (Fsp3) is 0.688. The number of carbonyl (C=O) groups is 1. The minimum Gasteiger partial charge on any atom is -0.341 e. The van der Waals surface area contributed by atoms with Crippen molar-refractivity contribution in [3.8, 4) is 0 Å². The van der Waals surface area contributed by atoms with Crippen LogP contribution in [0.15, 0.2) is 12.3 Å². The lowest BCUT2D eigenvalue weighted by Crippen LogP contribution is -2.36. The molecule has 2 aliphatic heterocycles. The minimum absolute atomic E-state index is 0.00381. The maximum Gasteiger partial charge on any atom is 0.272 e. The van der Waals surface area contributed by atoms with Crippen LogP contribution in [0.25, 0.3) is 0 Å². The summed E-state index contributed by atoms with van der Waals surface area (Å²) in [6, 6.07) is 1.95. The van der Waals surface area contributed by atoms with Gasteiger partial charge in [-0.2, -0.15) is 0 Å². The Morgan fingerprint density at radius 2 is 2.14 bits per heavy atom. The standard InChI is InChI=1S/C16H25N5O/c1-12-9-13(10-17)11-21(12)15(22)14-5-6-18-16(19-14)20-7-3-2-4-8-20/h5-6,12-13H,2-4,7-11,17H2,1H3. The van der Waals surface area contributed by atoms with E-state index in [-0.39, 0.29) is 11.9 Å². The SMILES string of the molecule is CC1CC(CN)CN1C(=O)c1ccnc(N2CCCCC2)n1. The molecule has 0 bridgehead atoms. The molecule has 2 fully saturated rings. The summed E-state index contributed by atoms with van der Waals surface area (Å²) < 4.78 is 0. The number of piperidine rings is 1. The summed E-state index contributed by atoms with van der Waals surface area (Å²) in [5.74, 6) is 1.10. The van der Waals surface area contributed by atoms with E-state index in [2.05, 4.69) is 21.8 Å². The van der Waals surface area contributed by atoms with Crippen LogP contribution in [0.4, 0.5) is 5.95 Å². The number of carbonyl (C=O) groups excluding carboxylic acids is 1. The first kappa shape index (κ1) is 15.2. The fourth-order valence-electron chi connectivity index (χ4n) is 3.46. The summed E-state index contributed by atoms with van der Waals surface area (Å²) in [6.45, 7) is 5.41. The van der Waals surface area contributed by atoms with Crippen LogP contribution in [0.1, 0.15) is 43.1 Å². The van der Waals surface area contributed by atoms with Crippen molar-refractivity contribution in [3.05, 3.63) is 18.0 Å². The Kier molecular flexibility index (Phi) is 4.57. The Bertz CT molecular complexity index is 529. The van der Waals surface area contributed by atoms with E-state index >= 15 is 0 Å². The summed E-state index contributed by atoms with van der Waals surface area (Å²) in [5, 5.41) is 0. The normalized spacial score (nSPS) is 25.5. The second-order valence-corrected chi connectivity index (χ2v) is 6.43. The molecule has 2 atom stereocenters. The molecule has 2 saturated heterocycles. The van der Waals surface area contributed by atoms with Crippen LogP contribution >= 0.6 is 0 Å². The van der Waals surface area contributed by atoms with Gasteiger partial charge in [-0.3, -0.25) is 4.79 Å². The first-order valence-electron chi connectivity index (χ1n) is 8.28. The van der Waals surface area contributed by atoms with E-state index in [0.29, 0.717) is 24.1 Å². The van der Waals surface area contributed by atoms with Crippen LogP contribution in [-0.4, -0.2) is 53.0 Å². The maximum absolute atomic E-state index is 12.7. The van der Waals surface area contributed by atoms with E-state index in [1.165, 1.54) is 19.3 Å². The van der Waals surface area contributed by atoms with Crippen molar-refractivity contribution in [3.63, 3.8) is 0 Å². The van der Waals surface area contributed by atoms with Gasteiger partial charge in [-0.1, -0.05) is 0 Å². The van der Waals surface area contributed by atoms with Crippen molar-refractivity contribution >= 4 is 11.9 Å². The molecule has 120 valence electrons.